The van der Waals surface area contributed by atoms with Crippen LogP contribution in [0.15, 0.2) is 52.9 Å². The molecule has 6 heteroatoms. The van der Waals surface area contributed by atoms with Gasteiger partial charge in [-0.25, -0.2) is 9.18 Å². The van der Waals surface area contributed by atoms with Gasteiger partial charge < -0.3 is 19.7 Å². The first-order valence-electron chi connectivity index (χ1n) is 7.59. The Kier molecular flexibility index (Phi) is 3.45. The van der Waals surface area contributed by atoms with Crippen molar-refractivity contribution in [1.82, 2.24) is 0 Å². The van der Waals surface area contributed by atoms with Crippen molar-refractivity contribution < 1.29 is 28.9 Å². The lowest BCUT2D eigenvalue weighted by Crippen LogP contribution is -2.18. The van der Waals surface area contributed by atoms with Crippen molar-refractivity contribution in [3.8, 4) is 11.3 Å². The highest BCUT2D eigenvalue weighted by Gasteiger charge is 2.39. The summed E-state index contributed by atoms with van der Waals surface area (Å²) >= 11 is 0. The fraction of sp³-hybridized carbons (Fsp3) is 0.105. The molecule has 1 aromatic heterocycles. The largest absolute Gasteiger partial charge is 0.478 e. The summed E-state index contributed by atoms with van der Waals surface area (Å²) in [5.41, 5.74) is 1.02. The van der Waals surface area contributed by atoms with Gasteiger partial charge in [-0.15, -0.1) is 0 Å². The summed E-state index contributed by atoms with van der Waals surface area (Å²) in [7, 11) is 0. The van der Waals surface area contributed by atoms with Gasteiger partial charge in [0.2, 0.25) is 0 Å². The molecule has 3 aromatic rings. The first-order valence-corrected chi connectivity index (χ1v) is 7.59. The minimum Gasteiger partial charge on any atom is -0.478 e. The number of hydrogen-bond donors (Lipinski definition) is 3. The van der Waals surface area contributed by atoms with Crippen molar-refractivity contribution in [2.75, 3.05) is 0 Å². The molecule has 0 amide bonds. The van der Waals surface area contributed by atoms with Crippen LogP contribution < -0.4 is 0 Å². The van der Waals surface area contributed by atoms with Crippen LogP contribution in [0, 0.1) is 5.82 Å². The molecule has 3 N–H and O–H groups in total. The molecule has 0 saturated carbocycles. The molecule has 4 rings (SSSR count). The van der Waals surface area contributed by atoms with Crippen molar-refractivity contribution in [3.05, 3.63) is 82.4 Å². The molecule has 1 aliphatic rings. The van der Waals surface area contributed by atoms with Crippen LogP contribution in [0.3, 0.4) is 0 Å². The van der Waals surface area contributed by atoms with E-state index >= 15 is 0 Å². The SMILES string of the molecule is O=C(O)c1c(-c2ccc(F)cc2)oc2c1C(O)c1ccccc1C2O. The average molecular weight is 340 g/mol. The Balaban J connectivity index is 1.98. The second kappa shape index (κ2) is 5.54. The van der Waals surface area contributed by atoms with E-state index < -0.39 is 24.0 Å². The lowest BCUT2D eigenvalue weighted by atomic mass is 9.84. The normalized spacial score (nSPS) is 18.5. The number of rotatable bonds is 2. The number of carbonyl (C=O) groups is 1. The Morgan fingerprint density at radius 3 is 2.16 bits per heavy atom. The number of aromatic carboxylic acids is 1. The maximum atomic E-state index is 13.2. The van der Waals surface area contributed by atoms with Gasteiger partial charge in [0.05, 0.1) is 0 Å². The zero-order chi connectivity index (χ0) is 17.7. The van der Waals surface area contributed by atoms with Crippen LogP contribution in [0.5, 0.6) is 0 Å². The van der Waals surface area contributed by atoms with Gasteiger partial charge in [0, 0.05) is 11.1 Å². The third-order valence-electron chi connectivity index (χ3n) is 4.40. The van der Waals surface area contributed by atoms with Crippen LogP contribution in [0.4, 0.5) is 4.39 Å². The highest BCUT2D eigenvalue weighted by Crippen LogP contribution is 2.46. The molecule has 2 unspecified atom stereocenters. The summed E-state index contributed by atoms with van der Waals surface area (Å²) in [5.74, 6) is -1.80. The summed E-state index contributed by atoms with van der Waals surface area (Å²) in [4.78, 5) is 11.8. The Hall–Kier alpha value is -2.96. The van der Waals surface area contributed by atoms with E-state index in [1.54, 1.807) is 24.3 Å². The molecule has 0 fully saturated rings. The van der Waals surface area contributed by atoms with E-state index in [-0.39, 0.29) is 22.6 Å². The second-order valence-corrected chi connectivity index (χ2v) is 5.83. The lowest BCUT2D eigenvalue weighted by molar-refractivity contribution is 0.0691. The van der Waals surface area contributed by atoms with Gasteiger partial charge in [-0.2, -0.15) is 0 Å². The summed E-state index contributed by atoms with van der Waals surface area (Å²) in [6.45, 7) is 0. The van der Waals surface area contributed by atoms with Crippen LogP contribution in [0.2, 0.25) is 0 Å². The molecule has 1 aliphatic carbocycles. The van der Waals surface area contributed by atoms with Crippen LogP contribution in [0.25, 0.3) is 11.3 Å². The Morgan fingerprint density at radius 2 is 1.56 bits per heavy atom. The van der Waals surface area contributed by atoms with Gasteiger partial charge in [0.1, 0.15) is 35.1 Å². The van der Waals surface area contributed by atoms with E-state index in [4.69, 9.17) is 4.42 Å². The number of hydrogen-bond acceptors (Lipinski definition) is 4. The highest BCUT2D eigenvalue weighted by atomic mass is 19.1. The van der Waals surface area contributed by atoms with Gasteiger partial charge in [0.15, 0.2) is 0 Å². The fourth-order valence-electron chi connectivity index (χ4n) is 3.26. The number of aliphatic hydroxyl groups is 2. The maximum absolute atomic E-state index is 13.2. The van der Waals surface area contributed by atoms with E-state index in [1.165, 1.54) is 24.3 Å². The molecule has 25 heavy (non-hydrogen) atoms. The topological polar surface area (TPSA) is 90.9 Å². The van der Waals surface area contributed by atoms with Crippen molar-refractivity contribution in [3.63, 3.8) is 0 Å². The number of halogens is 1. The van der Waals surface area contributed by atoms with E-state index in [2.05, 4.69) is 0 Å². The number of fused-ring (bicyclic) bond motifs is 2. The number of aliphatic hydroxyl groups excluding tert-OH is 2. The maximum Gasteiger partial charge on any atom is 0.340 e. The number of carboxylic acids is 1. The number of benzene rings is 2. The van der Waals surface area contributed by atoms with Crippen LogP contribution in [-0.4, -0.2) is 21.3 Å². The average Bonchev–Trinajstić information content (AvgIpc) is 3.01. The van der Waals surface area contributed by atoms with Crippen molar-refractivity contribution in [2.45, 2.75) is 12.2 Å². The molecule has 0 spiro atoms. The van der Waals surface area contributed by atoms with Gasteiger partial charge in [-0.3, -0.25) is 0 Å². The number of carboxylic acid groups (broad SMARTS) is 1. The molecule has 0 aliphatic heterocycles. The molecule has 2 aromatic carbocycles. The molecule has 0 saturated heterocycles. The van der Waals surface area contributed by atoms with Crippen LogP contribution in [-0.2, 0) is 0 Å². The highest BCUT2D eigenvalue weighted by molar-refractivity contribution is 5.97. The molecule has 2 atom stereocenters. The van der Waals surface area contributed by atoms with Gasteiger partial charge in [-0.05, 0) is 35.4 Å². The molecule has 5 nitrogen and oxygen atoms in total. The molecular weight excluding hydrogens is 327 g/mol. The smallest absolute Gasteiger partial charge is 0.340 e. The Morgan fingerprint density at radius 1 is 0.960 bits per heavy atom. The minimum atomic E-state index is -1.30. The summed E-state index contributed by atoms with van der Waals surface area (Å²) in [5, 5.41) is 30.9. The zero-order valence-corrected chi connectivity index (χ0v) is 12.8. The van der Waals surface area contributed by atoms with Gasteiger partial charge in [-0.1, -0.05) is 24.3 Å². The zero-order valence-electron chi connectivity index (χ0n) is 12.8. The summed E-state index contributed by atoms with van der Waals surface area (Å²) in [6.07, 6.45) is -2.43. The Labute approximate surface area is 141 Å². The minimum absolute atomic E-state index is 0.0112. The van der Waals surface area contributed by atoms with Gasteiger partial charge in [0.25, 0.3) is 0 Å². The summed E-state index contributed by atoms with van der Waals surface area (Å²) < 4.78 is 18.8. The molecule has 126 valence electrons. The van der Waals surface area contributed by atoms with E-state index in [0.29, 0.717) is 16.7 Å². The van der Waals surface area contributed by atoms with Crippen molar-refractivity contribution in [2.24, 2.45) is 0 Å². The van der Waals surface area contributed by atoms with Gasteiger partial charge >= 0.3 is 5.97 Å². The van der Waals surface area contributed by atoms with E-state index in [0.717, 1.165) is 0 Å². The van der Waals surface area contributed by atoms with E-state index in [1.807, 2.05) is 0 Å². The molecule has 1 heterocycles. The third-order valence-corrected chi connectivity index (χ3v) is 4.40. The van der Waals surface area contributed by atoms with Crippen molar-refractivity contribution in [1.29, 1.82) is 0 Å². The lowest BCUT2D eigenvalue weighted by Gasteiger charge is -2.25. The number of furan rings is 1. The second-order valence-electron chi connectivity index (χ2n) is 5.83. The van der Waals surface area contributed by atoms with Crippen LogP contribution in [0.1, 0.15) is 45.0 Å². The predicted octanol–water partition coefficient (Wildman–Crippen LogP) is 3.26. The predicted molar refractivity (Wildman–Crippen MR) is 85.6 cm³/mol. The molecule has 0 radical (unpaired) electrons. The Bertz CT molecular complexity index is 974. The first-order chi connectivity index (χ1) is 12.0. The molecular formula is C19H13FO5. The monoisotopic (exact) mass is 340 g/mol. The standard InChI is InChI=1S/C19H13FO5/c20-10-7-5-9(6-8-10)17-14(19(23)24)13-15(21)11-3-1-2-4-12(11)16(22)18(13)25-17/h1-8,15-16,21-22H,(H,23,24). The fourth-order valence-corrected chi connectivity index (χ4v) is 3.26. The first kappa shape index (κ1) is 15.6. The molecule has 0 bridgehead atoms. The summed E-state index contributed by atoms with van der Waals surface area (Å²) in [6, 6.07) is 11.8. The third kappa shape index (κ3) is 2.26. The van der Waals surface area contributed by atoms with E-state index in [9.17, 15) is 24.5 Å². The van der Waals surface area contributed by atoms with Crippen molar-refractivity contribution >= 4 is 5.97 Å². The quantitative estimate of drug-likeness (QED) is 0.666. The van der Waals surface area contributed by atoms with Crippen LogP contribution >= 0.6 is 0 Å².